The summed E-state index contributed by atoms with van der Waals surface area (Å²) in [7, 11) is 1.31. The molecule has 0 bridgehead atoms. The van der Waals surface area contributed by atoms with Crippen molar-refractivity contribution in [1.29, 1.82) is 0 Å². The van der Waals surface area contributed by atoms with Crippen molar-refractivity contribution in [3.63, 3.8) is 0 Å². The Morgan fingerprint density at radius 2 is 1.76 bits per heavy atom. The van der Waals surface area contributed by atoms with Crippen LogP contribution in [0.25, 0.3) is 0 Å². The van der Waals surface area contributed by atoms with Gasteiger partial charge in [-0.1, -0.05) is 43.7 Å². The van der Waals surface area contributed by atoms with Gasteiger partial charge in [-0.15, -0.1) is 11.6 Å². The first-order valence-electron chi connectivity index (χ1n) is 7.01. The fourth-order valence-corrected chi connectivity index (χ4v) is 2.35. The van der Waals surface area contributed by atoms with Crippen molar-refractivity contribution in [2.24, 2.45) is 0 Å². The van der Waals surface area contributed by atoms with Gasteiger partial charge < -0.3 is 10.1 Å². The van der Waals surface area contributed by atoms with E-state index in [2.05, 4.69) is 5.32 Å². The van der Waals surface area contributed by atoms with Gasteiger partial charge in [0.1, 0.15) is 10.9 Å². The molecule has 1 amide bonds. The molecule has 1 N–H and O–H groups in total. The smallest absolute Gasteiger partial charge is 0.331 e. The first kappa shape index (κ1) is 17.5. The van der Waals surface area contributed by atoms with Gasteiger partial charge in [0.25, 0.3) is 0 Å². The molecule has 0 spiro atoms. The van der Waals surface area contributed by atoms with Crippen LogP contribution in [0.3, 0.4) is 0 Å². The normalized spacial score (nSPS) is 12.6. The van der Waals surface area contributed by atoms with Crippen molar-refractivity contribution in [2.45, 2.75) is 44.5 Å². The molecule has 0 aromatic heterocycles. The maximum atomic E-state index is 12.3. The fraction of sp³-hybridized carbons (Fsp3) is 0.500. The monoisotopic (exact) mass is 311 g/mol. The minimum absolute atomic E-state index is 0.394. The third-order valence-electron chi connectivity index (χ3n) is 3.75. The van der Waals surface area contributed by atoms with E-state index in [4.69, 9.17) is 16.3 Å². The number of carbonyl (C=O) groups is 2. The Kier molecular flexibility index (Phi) is 6.21. The lowest BCUT2D eigenvalue weighted by molar-refractivity contribution is -0.151. The molecule has 4 nitrogen and oxygen atoms in total. The molecule has 1 aromatic rings. The van der Waals surface area contributed by atoms with Gasteiger partial charge in [0, 0.05) is 0 Å². The second-order valence-corrected chi connectivity index (χ2v) is 5.48. The van der Waals surface area contributed by atoms with Gasteiger partial charge in [0.2, 0.25) is 5.91 Å². The molecule has 5 heteroatoms. The zero-order valence-corrected chi connectivity index (χ0v) is 13.7. The van der Waals surface area contributed by atoms with Gasteiger partial charge in [-0.25, -0.2) is 4.79 Å². The van der Waals surface area contributed by atoms with Gasteiger partial charge in [-0.3, -0.25) is 4.79 Å². The van der Waals surface area contributed by atoms with Gasteiger partial charge in [-0.05, 0) is 25.3 Å². The van der Waals surface area contributed by atoms with Crippen molar-refractivity contribution >= 4 is 23.5 Å². The second-order valence-electron chi connectivity index (χ2n) is 5.04. The van der Waals surface area contributed by atoms with E-state index in [0.29, 0.717) is 18.4 Å². The summed E-state index contributed by atoms with van der Waals surface area (Å²) in [6.07, 6.45) is 0.888. The molecule has 0 heterocycles. The first-order valence-corrected chi connectivity index (χ1v) is 7.45. The molecule has 1 atom stereocenters. The Morgan fingerprint density at radius 1 is 1.24 bits per heavy atom. The van der Waals surface area contributed by atoms with Crippen LogP contribution in [0.2, 0.25) is 0 Å². The highest BCUT2D eigenvalue weighted by atomic mass is 35.5. The standard InChI is InChI=1S/C16H22ClNO3/c1-5-16(6-2,15(20)21-4)18-14(19)13(17)12-9-7-11(3)8-10-12/h7-10,13H,5-6H2,1-4H3,(H,18,19). The highest BCUT2D eigenvalue weighted by Crippen LogP contribution is 2.24. The minimum Gasteiger partial charge on any atom is -0.467 e. The molecule has 1 rings (SSSR count). The van der Waals surface area contributed by atoms with E-state index in [1.165, 1.54) is 7.11 Å². The summed E-state index contributed by atoms with van der Waals surface area (Å²) in [6.45, 7) is 5.62. The van der Waals surface area contributed by atoms with Crippen LogP contribution in [-0.2, 0) is 14.3 Å². The van der Waals surface area contributed by atoms with Crippen LogP contribution < -0.4 is 5.32 Å². The number of hydrogen-bond acceptors (Lipinski definition) is 3. The molecule has 1 unspecified atom stereocenters. The number of ether oxygens (including phenoxy) is 1. The van der Waals surface area contributed by atoms with Crippen molar-refractivity contribution in [2.75, 3.05) is 7.11 Å². The Morgan fingerprint density at radius 3 is 2.19 bits per heavy atom. The lowest BCUT2D eigenvalue weighted by atomic mass is 9.92. The second kappa shape index (κ2) is 7.46. The maximum absolute atomic E-state index is 12.3. The molecule has 0 saturated carbocycles. The Labute approximate surface area is 130 Å². The lowest BCUT2D eigenvalue weighted by Gasteiger charge is -2.30. The van der Waals surface area contributed by atoms with Crippen LogP contribution in [-0.4, -0.2) is 24.5 Å². The summed E-state index contributed by atoms with van der Waals surface area (Å²) in [5, 5.41) is 1.91. The van der Waals surface area contributed by atoms with E-state index in [-0.39, 0.29) is 0 Å². The van der Waals surface area contributed by atoms with E-state index < -0.39 is 22.8 Å². The van der Waals surface area contributed by atoms with Crippen LogP contribution in [0.1, 0.15) is 43.2 Å². The molecule has 0 aliphatic rings. The first-order chi connectivity index (χ1) is 9.90. The average Bonchev–Trinajstić information content (AvgIpc) is 2.51. The largest absolute Gasteiger partial charge is 0.467 e. The number of alkyl halides is 1. The number of rotatable bonds is 6. The molecule has 116 valence electrons. The zero-order chi connectivity index (χ0) is 16.0. The molecule has 0 fully saturated rings. The van der Waals surface area contributed by atoms with E-state index in [9.17, 15) is 9.59 Å². The number of esters is 1. The summed E-state index contributed by atoms with van der Waals surface area (Å²) in [5.74, 6) is -0.844. The van der Waals surface area contributed by atoms with Crippen LogP contribution in [0.15, 0.2) is 24.3 Å². The van der Waals surface area contributed by atoms with E-state index >= 15 is 0 Å². The highest BCUT2D eigenvalue weighted by Gasteiger charge is 2.39. The molecular formula is C16H22ClNO3. The van der Waals surface area contributed by atoms with Crippen LogP contribution in [0.5, 0.6) is 0 Å². The molecule has 21 heavy (non-hydrogen) atoms. The maximum Gasteiger partial charge on any atom is 0.331 e. The Balaban J connectivity index is 2.91. The number of aryl methyl sites for hydroxylation is 1. The summed E-state index contributed by atoms with van der Waals surface area (Å²) in [5.41, 5.74) is 0.767. The zero-order valence-electron chi connectivity index (χ0n) is 12.9. The van der Waals surface area contributed by atoms with Crippen molar-refractivity contribution < 1.29 is 14.3 Å². The SMILES string of the molecule is CCC(CC)(NC(=O)C(Cl)c1ccc(C)cc1)C(=O)OC. The fourth-order valence-electron chi connectivity index (χ4n) is 2.15. The average molecular weight is 312 g/mol. The van der Waals surface area contributed by atoms with Crippen molar-refractivity contribution in [1.82, 2.24) is 5.32 Å². The molecule has 1 aromatic carbocycles. The van der Waals surface area contributed by atoms with E-state index in [1.54, 1.807) is 0 Å². The van der Waals surface area contributed by atoms with Crippen molar-refractivity contribution in [3.05, 3.63) is 35.4 Å². The molecule has 0 aliphatic carbocycles. The van der Waals surface area contributed by atoms with Crippen molar-refractivity contribution in [3.8, 4) is 0 Å². The van der Waals surface area contributed by atoms with E-state index in [0.717, 1.165) is 5.56 Å². The number of nitrogens with one attached hydrogen (secondary N) is 1. The third kappa shape index (κ3) is 3.97. The van der Waals surface area contributed by atoms with Crippen LogP contribution in [0, 0.1) is 6.92 Å². The lowest BCUT2D eigenvalue weighted by Crippen LogP contribution is -2.55. The number of carbonyl (C=O) groups excluding carboxylic acids is 2. The predicted molar refractivity (Wildman–Crippen MR) is 83.2 cm³/mol. The molecule has 0 saturated heterocycles. The molecule has 0 aliphatic heterocycles. The van der Waals surface area contributed by atoms with Crippen LogP contribution in [0.4, 0.5) is 0 Å². The van der Waals surface area contributed by atoms with Gasteiger partial charge >= 0.3 is 5.97 Å². The Hall–Kier alpha value is -1.55. The molecule has 0 radical (unpaired) electrons. The number of halogens is 1. The van der Waals surface area contributed by atoms with Gasteiger partial charge in [-0.2, -0.15) is 0 Å². The Bertz CT molecular complexity index is 495. The number of amides is 1. The number of benzene rings is 1. The summed E-state index contributed by atoms with van der Waals surface area (Å²) < 4.78 is 4.80. The quantitative estimate of drug-likeness (QED) is 0.648. The van der Waals surface area contributed by atoms with Crippen LogP contribution >= 0.6 is 11.6 Å². The predicted octanol–water partition coefficient (Wildman–Crippen LogP) is 3.12. The number of hydrogen-bond donors (Lipinski definition) is 1. The highest BCUT2D eigenvalue weighted by molar-refractivity contribution is 6.31. The topological polar surface area (TPSA) is 55.4 Å². The summed E-state index contributed by atoms with van der Waals surface area (Å²) in [4.78, 5) is 24.3. The minimum atomic E-state index is -1.02. The third-order valence-corrected chi connectivity index (χ3v) is 4.20. The van der Waals surface area contributed by atoms with Gasteiger partial charge in [0.05, 0.1) is 7.11 Å². The molecular weight excluding hydrogens is 290 g/mol. The summed E-state index contributed by atoms with van der Waals surface area (Å²) >= 11 is 6.21. The number of methoxy groups -OCH3 is 1. The van der Waals surface area contributed by atoms with E-state index in [1.807, 2.05) is 45.0 Å². The van der Waals surface area contributed by atoms with Gasteiger partial charge in [0.15, 0.2) is 0 Å². The summed E-state index contributed by atoms with van der Waals surface area (Å²) in [6, 6.07) is 7.41.